The van der Waals surface area contributed by atoms with Gasteiger partial charge in [-0.05, 0) is 32.3 Å². The predicted molar refractivity (Wildman–Crippen MR) is 77.7 cm³/mol. The van der Waals surface area contributed by atoms with Crippen molar-refractivity contribution < 1.29 is 4.79 Å². The summed E-state index contributed by atoms with van der Waals surface area (Å²) in [5.41, 5.74) is 7.89. The number of carbonyl (C=O) groups excluding carboxylic acids is 1. The highest BCUT2D eigenvalue weighted by atomic mass is 16.2. The maximum Gasteiger partial charge on any atom is 0.227 e. The number of hydrogen-bond donors (Lipinski definition) is 2. The van der Waals surface area contributed by atoms with Crippen LogP contribution in [0.2, 0.25) is 0 Å². The van der Waals surface area contributed by atoms with Gasteiger partial charge in [0.2, 0.25) is 5.91 Å². The zero-order valence-corrected chi connectivity index (χ0v) is 11.9. The molecular weight excluding hydrogens is 236 g/mol. The number of aryl methyl sites for hydroxylation is 1. The van der Waals surface area contributed by atoms with E-state index in [-0.39, 0.29) is 17.4 Å². The van der Waals surface area contributed by atoms with Gasteiger partial charge in [-0.1, -0.05) is 42.7 Å². The number of rotatable bonds is 4. The van der Waals surface area contributed by atoms with Crippen molar-refractivity contribution in [2.24, 2.45) is 11.1 Å². The van der Waals surface area contributed by atoms with E-state index in [2.05, 4.69) is 30.4 Å². The molecule has 1 saturated carbocycles. The van der Waals surface area contributed by atoms with Gasteiger partial charge in [0.1, 0.15) is 0 Å². The summed E-state index contributed by atoms with van der Waals surface area (Å²) in [7, 11) is 0. The van der Waals surface area contributed by atoms with Crippen molar-refractivity contribution in [2.45, 2.75) is 45.6 Å². The maximum absolute atomic E-state index is 12.5. The van der Waals surface area contributed by atoms with E-state index in [1.54, 1.807) is 0 Å². The third-order valence-corrected chi connectivity index (χ3v) is 4.32. The van der Waals surface area contributed by atoms with E-state index in [9.17, 15) is 4.79 Å². The summed E-state index contributed by atoms with van der Waals surface area (Å²) >= 11 is 0. The summed E-state index contributed by atoms with van der Waals surface area (Å²) in [4.78, 5) is 12.5. The van der Waals surface area contributed by atoms with Gasteiger partial charge in [-0.3, -0.25) is 4.79 Å². The first-order chi connectivity index (χ1) is 9.07. The molecule has 0 aromatic heterocycles. The first-order valence-corrected chi connectivity index (χ1v) is 7.15. The van der Waals surface area contributed by atoms with Gasteiger partial charge < -0.3 is 11.1 Å². The highest BCUT2D eigenvalue weighted by Crippen LogP contribution is 2.37. The second-order valence-electron chi connectivity index (χ2n) is 5.80. The molecule has 1 aromatic carbocycles. The number of nitrogens with one attached hydrogen (secondary N) is 1. The van der Waals surface area contributed by atoms with Crippen LogP contribution < -0.4 is 11.1 Å². The molecule has 104 valence electrons. The molecule has 1 aliphatic rings. The number of nitrogens with two attached hydrogens (primary N) is 1. The van der Waals surface area contributed by atoms with Crippen molar-refractivity contribution in [2.75, 3.05) is 6.54 Å². The van der Waals surface area contributed by atoms with Crippen molar-refractivity contribution in [1.82, 2.24) is 5.32 Å². The van der Waals surface area contributed by atoms with E-state index in [1.165, 1.54) is 5.56 Å². The van der Waals surface area contributed by atoms with Gasteiger partial charge in [0.15, 0.2) is 0 Å². The molecule has 1 aromatic rings. The van der Waals surface area contributed by atoms with Crippen molar-refractivity contribution >= 4 is 5.91 Å². The fourth-order valence-corrected chi connectivity index (χ4v) is 2.95. The molecule has 0 unspecified atom stereocenters. The molecule has 19 heavy (non-hydrogen) atoms. The molecule has 1 amide bonds. The van der Waals surface area contributed by atoms with Crippen LogP contribution in [-0.2, 0) is 4.79 Å². The summed E-state index contributed by atoms with van der Waals surface area (Å²) in [6.07, 6.45) is 4.08. The molecule has 0 saturated heterocycles. The van der Waals surface area contributed by atoms with Crippen molar-refractivity contribution in [3.05, 3.63) is 35.4 Å². The van der Waals surface area contributed by atoms with Crippen molar-refractivity contribution in [3.63, 3.8) is 0 Å². The van der Waals surface area contributed by atoms with Gasteiger partial charge in [0.05, 0.1) is 11.5 Å². The minimum atomic E-state index is -0.321. The third-order valence-electron chi connectivity index (χ3n) is 4.32. The molecular formula is C16H24N2O. The number of amides is 1. The first-order valence-electron chi connectivity index (χ1n) is 7.15. The van der Waals surface area contributed by atoms with Crippen LogP contribution >= 0.6 is 0 Å². The zero-order chi connectivity index (χ0) is 13.9. The fraction of sp³-hybridized carbons (Fsp3) is 0.562. The van der Waals surface area contributed by atoms with Gasteiger partial charge in [-0.25, -0.2) is 0 Å². The highest BCUT2D eigenvalue weighted by Gasteiger charge is 2.40. The topological polar surface area (TPSA) is 55.1 Å². The number of hydrogen-bond acceptors (Lipinski definition) is 2. The van der Waals surface area contributed by atoms with Crippen molar-refractivity contribution in [1.29, 1.82) is 0 Å². The third kappa shape index (κ3) is 2.98. The van der Waals surface area contributed by atoms with Crippen LogP contribution in [0.15, 0.2) is 24.3 Å². The standard InChI is InChI=1S/C16H24N2O/c1-12-6-5-7-14(10-12)13(2)18-15(19)16(11-17)8-3-4-9-16/h5-7,10,13H,3-4,8-9,11,17H2,1-2H3,(H,18,19)/t13-/m0/s1. The lowest BCUT2D eigenvalue weighted by atomic mass is 9.85. The molecule has 0 heterocycles. The first kappa shape index (κ1) is 14.1. The molecule has 0 bridgehead atoms. The predicted octanol–water partition coefficient (Wildman–Crippen LogP) is 2.69. The second-order valence-corrected chi connectivity index (χ2v) is 5.80. The summed E-state index contributed by atoms with van der Waals surface area (Å²) in [6, 6.07) is 8.31. The van der Waals surface area contributed by atoms with E-state index in [0.29, 0.717) is 6.54 Å². The largest absolute Gasteiger partial charge is 0.349 e. The summed E-state index contributed by atoms with van der Waals surface area (Å²) in [6.45, 7) is 4.56. The summed E-state index contributed by atoms with van der Waals surface area (Å²) in [5, 5.41) is 3.14. The van der Waals surface area contributed by atoms with E-state index in [1.807, 2.05) is 13.0 Å². The van der Waals surface area contributed by atoms with E-state index in [4.69, 9.17) is 5.73 Å². The minimum Gasteiger partial charge on any atom is -0.349 e. The normalized spacial score (nSPS) is 19.1. The molecule has 1 aliphatic carbocycles. The Morgan fingerprint density at radius 2 is 2.11 bits per heavy atom. The van der Waals surface area contributed by atoms with E-state index < -0.39 is 0 Å². The SMILES string of the molecule is Cc1cccc([C@H](C)NC(=O)C2(CN)CCCC2)c1. The Labute approximate surface area is 115 Å². The monoisotopic (exact) mass is 260 g/mol. The van der Waals surface area contributed by atoms with Crippen LogP contribution in [0.4, 0.5) is 0 Å². The molecule has 0 aliphatic heterocycles. The number of carbonyl (C=O) groups is 1. The molecule has 3 N–H and O–H groups in total. The Hall–Kier alpha value is -1.35. The van der Waals surface area contributed by atoms with Gasteiger partial charge in [-0.2, -0.15) is 0 Å². The Balaban J connectivity index is 2.06. The molecule has 0 spiro atoms. The Morgan fingerprint density at radius 1 is 1.42 bits per heavy atom. The lowest BCUT2D eigenvalue weighted by Crippen LogP contribution is -2.44. The van der Waals surface area contributed by atoms with Gasteiger partial charge in [0.25, 0.3) is 0 Å². The second kappa shape index (κ2) is 5.74. The Bertz CT molecular complexity index is 450. The summed E-state index contributed by atoms with van der Waals surface area (Å²) < 4.78 is 0. The summed E-state index contributed by atoms with van der Waals surface area (Å²) in [5.74, 6) is 0.126. The van der Waals surface area contributed by atoms with E-state index in [0.717, 1.165) is 31.2 Å². The minimum absolute atomic E-state index is 0.0384. The lowest BCUT2D eigenvalue weighted by Gasteiger charge is -2.28. The van der Waals surface area contributed by atoms with Crippen LogP contribution in [0.5, 0.6) is 0 Å². The maximum atomic E-state index is 12.5. The average Bonchev–Trinajstić information content (AvgIpc) is 2.88. The molecule has 0 radical (unpaired) electrons. The van der Waals surface area contributed by atoms with E-state index >= 15 is 0 Å². The van der Waals surface area contributed by atoms with Crippen molar-refractivity contribution in [3.8, 4) is 0 Å². The smallest absolute Gasteiger partial charge is 0.227 e. The molecule has 3 heteroatoms. The van der Waals surface area contributed by atoms with Gasteiger partial charge >= 0.3 is 0 Å². The fourth-order valence-electron chi connectivity index (χ4n) is 2.95. The molecule has 2 rings (SSSR count). The van der Waals surface area contributed by atoms with Crippen LogP contribution in [0, 0.1) is 12.3 Å². The Kier molecular flexibility index (Phi) is 4.25. The quantitative estimate of drug-likeness (QED) is 0.874. The number of benzene rings is 1. The molecule has 3 nitrogen and oxygen atoms in total. The zero-order valence-electron chi connectivity index (χ0n) is 11.9. The van der Waals surface area contributed by atoms with Crippen LogP contribution in [0.25, 0.3) is 0 Å². The lowest BCUT2D eigenvalue weighted by molar-refractivity contribution is -0.131. The highest BCUT2D eigenvalue weighted by molar-refractivity contribution is 5.83. The van der Waals surface area contributed by atoms with Gasteiger partial charge in [-0.15, -0.1) is 0 Å². The van der Waals surface area contributed by atoms with Crippen LogP contribution in [0.1, 0.15) is 49.8 Å². The Morgan fingerprint density at radius 3 is 2.68 bits per heavy atom. The molecule has 1 atom stereocenters. The van der Waals surface area contributed by atoms with Gasteiger partial charge in [0, 0.05) is 6.54 Å². The van der Waals surface area contributed by atoms with Crippen LogP contribution in [0.3, 0.4) is 0 Å². The van der Waals surface area contributed by atoms with Crippen LogP contribution in [-0.4, -0.2) is 12.5 Å². The molecule has 1 fully saturated rings. The average molecular weight is 260 g/mol.